The lowest BCUT2D eigenvalue weighted by atomic mass is 10.2. The number of amides is 2. The second-order valence-corrected chi connectivity index (χ2v) is 4.60. The summed E-state index contributed by atoms with van der Waals surface area (Å²) in [6.45, 7) is 1.91. The van der Waals surface area contributed by atoms with E-state index in [1.807, 2.05) is 0 Å². The van der Waals surface area contributed by atoms with Gasteiger partial charge in [0.25, 0.3) is 5.91 Å². The standard InChI is InChI=1S/C14H15FN4O3/c1-3-16-11(20)7-17-14(22)12-13(21)9-6-8(15)4-5-10(9)19(2)18-12/h4-6H,3,7H2,1-2H3,(H,16,20)(H,17,22). The van der Waals surface area contributed by atoms with Gasteiger partial charge in [-0.3, -0.25) is 19.1 Å². The third kappa shape index (κ3) is 3.11. The van der Waals surface area contributed by atoms with E-state index in [0.29, 0.717) is 12.1 Å². The van der Waals surface area contributed by atoms with Crippen molar-refractivity contribution in [3.8, 4) is 0 Å². The molecule has 0 aliphatic rings. The molecule has 0 unspecified atom stereocenters. The highest BCUT2D eigenvalue weighted by molar-refractivity contribution is 5.97. The molecule has 116 valence electrons. The van der Waals surface area contributed by atoms with E-state index in [9.17, 15) is 18.8 Å². The highest BCUT2D eigenvalue weighted by Crippen LogP contribution is 2.10. The minimum Gasteiger partial charge on any atom is -0.355 e. The predicted octanol–water partition coefficient (Wildman–Crippen LogP) is -0.0615. The van der Waals surface area contributed by atoms with Crippen LogP contribution in [0.3, 0.4) is 0 Å². The smallest absolute Gasteiger partial charge is 0.276 e. The summed E-state index contributed by atoms with van der Waals surface area (Å²) >= 11 is 0. The van der Waals surface area contributed by atoms with Crippen molar-refractivity contribution in [2.45, 2.75) is 6.92 Å². The average Bonchev–Trinajstić information content (AvgIpc) is 2.48. The molecule has 0 bridgehead atoms. The van der Waals surface area contributed by atoms with Crippen LogP contribution in [0.4, 0.5) is 4.39 Å². The first-order valence-electron chi connectivity index (χ1n) is 6.65. The number of nitrogens with zero attached hydrogens (tertiary/aromatic N) is 2. The van der Waals surface area contributed by atoms with E-state index in [0.717, 1.165) is 6.07 Å². The Morgan fingerprint density at radius 2 is 2.05 bits per heavy atom. The molecular weight excluding hydrogens is 291 g/mol. The molecule has 2 aromatic rings. The van der Waals surface area contributed by atoms with Crippen LogP contribution in [-0.2, 0) is 11.8 Å². The molecule has 0 saturated carbocycles. The van der Waals surface area contributed by atoms with E-state index < -0.39 is 17.2 Å². The molecule has 2 rings (SSSR count). The molecule has 0 aliphatic heterocycles. The maximum Gasteiger partial charge on any atom is 0.276 e. The summed E-state index contributed by atoms with van der Waals surface area (Å²) in [4.78, 5) is 35.5. The van der Waals surface area contributed by atoms with Crippen LogP contribution in [0.15, 0.2) is 23.0 Å². The van der Waals surface area contributed by atoms with Crippen molar-refractivity contribution < 1.29 is 14.0 Å². The third-order valence-electron chi connectivity index (χ3n) is 3.02. The van der Waals surface area contributed by atoms with E-state index in [4.69, 9.17) is 0 Å². The Bertz CT molecular complexity index is 801. The van der Waals surface area contributed by atoms with Gasteiger partial charge in [-0.2, -0.15) is 5.10 Å². The number of fused-ring (bicyclic) bond motifs is 1. The SMILES string of the molecule is CCNC(=O)CNC(=O)c1nn(C)c2ccc(F)cc2c1=O. The number of aryl methyl sites for hydroxylation is 1. The lowest BCUT2D eigenvalue weighted by Crippen LogP contribution is -2.39. The van der Waals surface area contributed by atoms with Gasteiger partial charge in [0, 0.05) is 13.6 Å². The topological polar surface area (TPSA) is 93.1 Å². The minimum absolute atomic E-state index is 0.0562. The number of hydrogen-bond donors (Lipinski definition) is 2. The first-order chi connectivity index (χ1) is 10.4. The molecule has 1 heterocycles. The molecule has 2 N–H and O–H groups in total. The van der Waals surface area contributed by atoms with Crippen molar-refractivity contribution in [2.75, 3.05) is 13.1 Å². The summed E-state index contributed by atoms with van der Waals surface area (Å²) in [5.74, 6) is -1.73. The number of carbonyl (C=O) groups is 2. The van der Waals surface area contributed by atoms with Crippen LogP contribution in [0.25, 0.3) is 10.9 Å². The second-order valence-electron chi connectivity index (χ2n) is 4.60. The lowest BCUT2D eigenvalue weighted by molar-refractivity contribution is -0.120. The molecule has 0 aliphatic carbocycles. The predicted molar refractivity (Wildman–Crippen MR) is 78.0 cm³/mol. The van der Waals surface area contributed by atoms with E-state index in [2.05, 4.69) is 15.7 Å². The van der Waals surface area contributed by atoms with Crippen molar-refractivity contribution in [3.05, 3.63) is 39.9 Å². The molecule has 1 aromatic carbocycles. The highest BCUT2D eigenvalue weighted by Gasteiger charge is 2.17. The van der Waals surface area contributed by atoms with Crippen molar-refractivity contribution in [1.29, 1.82) is 0 Å². The Hall–Kier alpha value is -2.77. The maximum atomic E-state index is 13.3. The molecule has 0 spiro atoms. The largest absolute Gasteiger partial charge is 0.355 e. The first kappa shape index (κ1) is 15.6. The maximum absolute atomic E-state index is 13.3. The molecule has 2 amide bonds. The van der Waals surface area contributed by atoms with Gasteiger partial charge in [-0.05, 0) is 25.1 Å². The molecule has 8 heteroatoms. The molecule has 0 saturated heterocycles. The molecule has 0 fully saturated rings. The number of halogens is 1. The fourth-order valence-electron chi connectivity index (χ4n) is 2.00. The van der Waals surface area contributed by atoms with Crippen molar-refractivity contribution in [3.63, 3.8) is 0 Å². The highest BCUT2D eigenvalue weighted by atomic mass is 19.1. The number of hydrogen-bond acceptors (Lipinski definition) is 4. The van der Waals surface area contributed by atoms with E-state index >= 15 is 0 Å². The summed E-state index contributed by atoms with van der Waals surface area (Å²) in [5.41, 5.74) is -0.655. The van der Waals surface area contributed by atoms with Crippen LogP contribution in [0.5, 0.6) is 0 Å². The second kappa shape index (κ2) is 6.33. The number of nitrogens with one attached hydrogen (secondary N) is 2. The fraction of sp³-hybridized carbons (Fsp3) is 0.286. The Morgan fingerprint density at radius 1 is 1.32 bits per heavy atom. The summed E-state index contributed by atoms with van der Waals surface area (Å²) in [6, 6.07) is 3.67. The molecular formula is C14H15FN4O3. The van der Waals surface area contributed by atoms with Gasteiger partial charge in [-0.1, -0.05) is 0 Å². The van der Waals surface area contributed by atoms with Gasteiger partial charge >= 0.3 is 0 Å². The third-order valence-corrected chi connectivity index (χ3v) is 3.02. The number of rotatable bonds is 4. The Morgan fingerprint density at radius 3 is 2.73 bits per heavy atom. The fourth-order valence-corrected chi connectivity index (χ4v) is 2.00. The van der Waals surface area contributed by atoms with Gasteiger partial charge in [0.1, 0.15) is 5.82 Å². The van der Waals surface area contributed by atoms with E-state index in [1.54, 1.807) is 14.0 Å². The minimum atomic E-state index is -0.780. The lowest BCUT2D eigenvalue weighted by Gasteiger charge is -2.08. The van der Waals surface area contributed by atoms with Crippen molar-refractivity contribution in [1.82, 2.24) is 20.4 Å². The summed E-state index contributed by atoms with van der Waals surface area (Å²) in [6.07, 6.45) is 0. The normalized spacial score (nSPS) is 10.5. The van der Waals surface area contributed by atoms with E-state index in [-0.39, 0.29) is 23.5 Å². The number of carbonyl (C=O) groups excluding carboxylic acids is 2. The van der Waals surface area contributed by atoms with Gasteiger partial charge in [0.2, 0.25) is 11.3 Å². The zero-order chi connectivity index (χ0) is 16.3. The quantitative estimate of drug-likeness (QED) is 0.827. The van der Waals surface area contributed by atoms with Crippen LogP contribution in [0.1, 0.15) is 17.4 Å². The number of benzene rings is 1. The molecule has 7 nitrogen and oxygen atoms in total. The average molecular weight is 306 g/mol. The number of likely N-dealkylation sites (N-methyl/N-ethyl adjacent to an activating group) is 1. The first-order valence-corrected chi connectivity index (χ1v) is 6.65. The van der Waals surface area contributed by atoms with Gasteiger partial charge in [0.05, 0.1) is 17.4 Å². The summed E-state index contributed by atoms with van der Waals surface area (Å²) in [7, 11) is 1.54. The van der Waals surface area contributed by atoms with Gasteiger partial charge in [-0.15, -0.1) is 0 Å². The molecule has 22 heavy (non-hydrogen) atoms. The van der Waals surface area contributed by atoms with Gasteiger partial charge in [0.15, 0.2) is 5.69 Å². The van der Waals surface area contributed by atoms with Crippen LogP contribution in [-0.4, -0.2) is 34.7 Å². The van der Waals surface area contributed by atoms with Gasteiger partial charge < -0.3 is 10.6 Å². The van der Waals surface area contributed by atoms with Crippen LogP contribution >= 0.6 is 0 Å². The van der Waals surface area contributed by atoms with Crippen molar-refractivity contribution in [2.24, 2.45) is 7.05 Å². The van der Waals surface area contributed by atoms with E-state index in [1.165, 1.54) is 16.8 Å². The van der Waals surface area contributed by atoms with Crippen LogP contribution in [0, 0.1) is 5.82 Å². The molecule has 0 atom stereocenters. The Balaban J connectivity index is 2.35. The van der Waals surface area contributed by atoms with Crippen LogP contribution < -0.4 is 16.1 Å². The van der Waals surface area contributed by atoms with Crippen LogP contribution in [0.2, 0.25) is 0 Å². The summed E-state index contributed by atoms with van der Waals surface area (Å²) in [5, 5.41) is 8.77. The Labute approximate surface area is 125 Å². The monoisotopic (exact) mass is 306 g/mol. The Kier molecular flexibility index (Phi) is 4.50. The molecule has 1 aromatic heterocycles. The molecule has 0 radical (unpaired) electrons. The summed E-state index contributed by atoms with van der Waals surface area (Å²) < 4.78 is 14.6. The number of aromatic nitrogens is 2. The zero-order valence-electron chi connectivity index (χ0n) is 12.1. The van der Waals surface area contributed by atoms with Crippen molar-refractivity contribution >= 4 is 22.7 Å². The zero-order valence-corrected chi connectivity index (χ0v) is 12.1. The van der Waals surface area contributed by atoms with Gasteiger partial charge in [-0.25, -0.2) is 4.39 Å².